The molecule has 0 saturated carbocycles. The zero-order chi connectivity index (χ0) is 22.2. The van der Waals surface area contributed by atoms with E-state index in [4.69, 9.17) is 4.74 Å². The number of hydrogen-bond donors (Lipinski definition) is 2. The zero-order valence-corrected chi connectivity index (χ0v) is 18.8. The molecule has 0 unspecified atom stereocenters. The predicted molar refractivity (Wildman–Crippen MR) is 126 cm³/mol. The molecule has 3 aromatic heterocycles. The minimum Gasteiger partial charge on any atom is -0.467 e. The fraction of sp³-hybridized carbons (Fsp3) is 0.318. The summed E-state index contributed by atoms with van der Waals surface area (Å²) in [6, 6.07) is 8.38. The van der Waals surface area contributed by atoms with Gasteiger partial charge in [-0.25, -0.2) is 15.0 Å². The van der Waals surface area contributed by atoms with Crippen LogP contribution in [0.15, 0.2) is 36.7 Å². The van der Waals surface area contributed by atoms with Crippen LogP contribution in [0, 0.1) is 0 Å². The number of piperazine rings is 1. The van der Waals surface area contributed by atoms with Gasteiger partial charge < -0.3 is 15.0 Å². The summed E-state index contributed by atoms with van der Waals surface area (Å²) in [4.78, 5) is 33.9. The zero-order valence-electron chi connectivity index (χ0n) is 18.0. The van der Waals surface area contributed by atoms with Gasteiger partial charge in [0.15, 0.2) is 5.13 Å². The summed E-state index contributed by atoms with van der Waals surface area (Å²) in [5, 5.41) is 7.74. The summed E-state index contributed by atoms with van der Waals surface area (Å²) < 4.78 is 5.24. The van der Waals surface area contributed by atoms with Gasteiger partial charge in [0.05, 0.1) is 18.2 Å². The Hall–Kier alpha value is -3.37. The van der Waals surface area contributed by atoms with Crippen molar-refractivity contribution in [2.24, 2.45) is 0 Å². The Balaban J connectivity index is 1.54. The normalized spacial score (nSPS) is 18.8. The predicted octanol–water partition coefficient (Wildman–Crippen LogP) is 3.08. The van der Waals surface area contributed by atoms with E-state index in [1.54, 1.807) is 12.4 Å². The molecule has 2 N–H and O–H groups in total. The third kappa shape index (κ3) is 3.82. The molecular formula is C22H23N7O2S. The molecule has 2 atom stereocenters. The van der Waals surface area contributed by atoms with Gasteiger partial charge in [-0.15, -0.1) is 0 Å². The Morgan fingerprint density at radius 2 is 2.00 bits per heavy atom. The van der Waals surface area contributed by atoms with Crippen LogP contribution in [-0.4, -0.2) is 58.1 Å². The molecule has 4 aromatic rings. The lowest BCUT2D eigenvalue weighted by Gasteiger charge is -2.38. The summed E-state index contributed by atoms with van der Waals surface area (Å²) >= 11 is 1.33. The van der Waals surface area contributed by atoms with Crippen LogP contribution < -0.4 is 20.3 Å². The lowest BCUT2D eigenvalue weighted by Crippen LogP contribution is -2.54. The standard InChI is InChI=1S/C22H23N7O2S/c1-12-10-29(11-13(2)25-12)17-7-6-14(18-15(17)9-24-21(27-18)31-3)19(30)28-22-26-16-5-4-8-23-20(16)32-22/h4-9,12-13,25H,10-11H2,1-3H3,(H,26,28,30)/t12-,13-/m1/s1. The van der Waals surface area contributed by atoms with Crippen LogP contribution >= 0.6 is 11.3 Å². The van der Waals surface area contributed by atoms with Gasteiger partial charge in [0.2, 0.25) is 0 Å². The third-order valence-corrected chi connectivity index (χ3v) is 6.31. The number of nitrogens with one attached hydrogen (secondary N) is 2. The van der Waals surface area contributed by atoms with Crippen molar-refractivity contribution >= 4 is 49.3 Å². The molecule has 1 fully saturated rings. The first-order valence-corrected chi connectivity index (χ1v) is 11.2. The van der Waals surface area contributed by atoms with E-state index in [0.717, 1.165) is 34.5 Å². The third-order valence-electron chi connectivity index (χ3n) is 5.42. The first kappa shape index (κ1) is 20.5. The largest absolute Gasteiger partial charge is 0.467 e. The molecular weight excluding hydrogens is 426 g/mol. The van der Waals surface area contributed by atoms with E-state index in [1.807, 2.05) is 24.3 Å². The van der Waals surface area contributed by atoms with E-state index in [-0.39, 0.29) is 11.9 Å². The van der Waals surface area contributed by atoms with E-state index in [2.05, 4.69) is 49.3 Å². The SMILES string of the molecule is COc1ncc2c(N3C[C@@H](C)N[C@H](C)C3)ccc(C(=O)Nc3nc4cccnc4s3)c2n1. The Kier molecular flexibility index (Phi) is 5.32. The van der Waals surface area contributed by atoms with Gasteiger partial charge in [0, 0.05) is 48.6 Å². The molecule has 1 aliphatic heterocycles. The fourth-order valence-corrected chi connectivity index (χ4v) is 4.96. The number of methoxy groups -OCH3 is 1. The van der Waals surface area contributed by atoms with Crippen LogP contribution in [0.2, 0.25) is 0 Å². The van der Waals surface area contributed by atoms with E-state index < -0.39 is 0 Å². The van der Waals surface area contributed by atoms with Crippen molar-refractivity contribution in [1.29, 1.82) is 0 Å². The Morgan fingerprint density at radius 3 is 2.75 bits per heavy atom. The monoisotopic (exact) mass is 449 g/mol. The molecule has 5 rings (SSSR count). The highest BCUT2D eigenvalue weighted by atomic mass is 32.1. The average molecular weight is 450 g/mol. The fourth-order valence-electron chi connectivity index (χ4n) is 4.16. The number of amides is 1. The number of aromatic nitrogens is 4. The summed E-state index contributed by atoms with van der Waals surface area (Å²) in [5.74, 6) is -0.289. The van der Waals surface area contributed by atoms with Gasteiger partial charge in [-0.3, -0.25) is 10.1 Å². The molecule has 32 heavy (non-hydrogen) atoms. The van der Waals surface area contributed by atoms with Crippen LogP contribution in [0.25, 0.3) is 21.3 Å². The number of pyridine rings is 1. The van der Waals surface area contributed by atoms with Crippen LogP contribution in [0.1, 0.15) is 24.2 Å². The highest BCUT2D eigenvalue weighted by molar-refractivity contribution is 7.21. The van der Waals surface area contributed by atoms with E-state index in [0.29, 0.717) is 28.3 Å². The molecule has 0 aliphatic carbocycles. The maximum Gasteiger partial charge on any atom is 0.316 e. The van der Waals surface area contributed by atoms with Crippen LogP contribution in [0.5, 0.6) is 6.01 Å². The van der Waals surface area contributed by atoms with E-state index in [1.165, 1.54) is 18.4 Å². The molecule has 9 nitrogen and oxygen atoms in total. The number of rotatable bonds is 4. The number of hydrogen-bond acceptors (Lipinski definition) is 9. The molecule has 0 radical (unpaired) electrons. The maximum atomic E-state index is 13.2. The molecule has 0 bridgehead atoms. The lowest BCUT2D eigenvalue weighted by atomic mass is 10.0. The number of fused-ring (bicyclic) bond motifs is 2. The summed E-state index contributed by atoms with van der Waals surface area (Å²) in [6.07, 6.45) is 3.44. The van der Waals surface area contributed by atoms with Gasteiger partial charge in [-0.1, -0.05) is 11.3 Å². The number of nitrogens with zero attached hydrogens (tertiary/aromatic N) is 5. The number of carbonyl (C=O) groups is 1. The molecule has 164 valence electrons. The maximum absolute atomic E-state index is 13.2. The number of ether oxygens (including phenoxy) is 1. The van der Waals surface area contributed by atoms with Crippen LogP contribution in [0.3, 0.4) is 0 Å². The van der Waals surface area contributed by atoms with Crippen molar-refractivity contribution in [1.82, 2.24) is 25.3 Å². The molecule has 0 spiro atoms. The molecule has 4 heterocycles. The number of anilines is 2. The van der Waals surface area contributed by atoms with Gasteiger partial charge in [0.25, 0.3) is 5.91 Å². The van der Waals surface area contributed by atoms with Gasteiger partial charge in [0.1, 0.15) is 10.3 Å². The molecule has 1 amide bonds. The van der Waals surface area contributed by atoms with E-state index >= 15 is 0 Å². The first-order chi connectivity index (χ1) is 15.5. The van der Waals surface area contributed by atoms with Crippen molar-refractivity contribution in [3.63, 3.8) is 0 Å². The van der Waals surface area contributed by atoms with Crippen molar-refractivity contribution in [2.75, 3.05) is 30.4 Å². The minimum absolute atomic E-state index is 0.218. The highest BCUT2D eigenvalue weighted by Gasteiger charge is 2.25. The minimum atomic E-state index is -0.289. The second kappa shape index (κ2) is 8.29. The van der Waals surface area contributed by atoms with Crippen LogP contribution in [-0.2, 0) is 0 Å². The smallest absolute Gasteiger partial charge is 0.316 e. The second-order valence-corrected chi connectivity index (χ2v) is 8.90. The average Bonchev–Trinajstić information content (AvgIpc) is 3.19. The molecule has 1 aliphatic rings. The van der Waals surface area contributed by atoms with Gasteiger partial charge in [-0.2, -0.15) is 4.98 Å². The topological polar surface area (TPSA) is 105 Å². The molecule has 10 heteroatoms. The van der Waals surface area contributed by atoms with Crippen molar-refractivity contribution < 1.29 is 9.53 Å². The summed E-state index contributed by atoms with van der Waals surface area (Å²) in [7, 11) is 1.51. The number of carbonyl (C=O) groups excluding carboxylic acids is 1. The van der Waals surface area contributed by atoms with Crippen molar-refractivity contribution in [3.05, 3.63) is 42.2 Å². The summed E-state index contributed by atoms with van der Waals surface area (Å²) in [5.41, 5.74) is 2.74. The Morgan fingerprint density at radius 1 is 1.19 bits per heavy atom. The Bertz CT molecular complexity index is 1270. The highest BCUT2D eigenvalue weighted by Crippen LogP contribution is 2.31. The number of thiazole rings is 1. The lowest BCUT2D eigenvalue weighted by molar-refractivity contribution is 0.102. The van der Waals surface area contributed by atoms with Crippen LogP contribution in [0.4, 0.5) is 10.8 Å². The van der Waals surface area contributed by atoms with Gasteiger partial charge in [-0.05, 0) is 38.1 Å². The van der Waals surface area contributed by atoms with E-state index in [9.17, 15) is 4.79 Å². The second-order valence-electron chi connectivity index (χ2n) is 7.93. The van der Waals surface area contributed by atoms with Crippen molar-refractivity contribution in [3.8, 4) is 6.01 Å². The molecule has 1 aromatic carbocycles. The summed E-state index contributed by atoms with van der Waals surface area (Å²) in [6.45, 7) is 6.05. The Labute approximate surface area is 188 Å². The first-order valence-electron chi connectivity index (χ1n) is 10.4. The molecule has 1 saturated heterocycles. The van der Waals surface area contributed by atoms with Crippen molar-refractivity contribution in [2.45, 2.75) is 25.9 Å². The quantitative estimate of drug-likeness (QED) is 0.490. The van der Waals surface area contributed by atoms with Gasteiger partial charge >= 0.3 is 6.01 Å². The number of benzene rings is 1.